The zero-order chi connectivity index (χ0) is 30.2. The second-order valence-electron chi connectivity index (χ2n) is 10.8. The summed E-state index contributed by atoms with van der Waals surface area (Å²) in [4.78, 5) is 33.9. The first-order valence-electron chi connectivity index (χ1n) is 14.9. The number of nitrogens with zero attached hydrogens (tertiary/aromatic N) is 3. The second-order valence-corrected chi connectivity index (χ2v) is 12.8. The molecule has 1 aliphatic heterocycles. The quantitative estimate of drug-likeness (QED) is 0.177. The van der Waals surface area contributed by atoms with Gasteiger partial charge in [0.1, 0.15) is 6.04 Å². The van der Waals surface area contributed by atoms with Gasteiger partial charge in [-0.05, 0) is 53.3 Å². The van der Waals surface area contributed by atoms with Gasteiger partial charge in [-0.1, -0.05) is 91.4 Å². The molecule has 7 rings (SSSR count). The van der Waals surface area contributed by atoms with E-state index >= 15 is 0 Å². The van der Waals surface area contributed by atoms with Gasteiger partial charge in [0.25, 0.3) is 5.56 Å². The molecule has 220 valence electrons. The number of benzene rings is 3. The maximum Gasteiger partial charge on any atom is 0.338 e. The van der Waals surface area contributed by atoms with Crippen molar-refractivity contribution >= 4 is 56.4 Å². The van der Waals surface area contributed by atoms with Crippen LogP contribution in [0.15, 0.2) is 111 Å². The van der Waals surface area contributed by atoms with E-state index in [0.29, 0.717) is 33.6 Å². The van der Waals surface area contributed by atoms with Crippen molar-refractivity contribution in [3.05, 3.63) is 137 Å². The molecule has 0 fully saturated rings. The van der Waals surface area contributed by atoms with E-state index < -0.39 is 12.0 Å². The Hall–Kier alpha value is -4.53. The molecule has 1 aliphatic rings. The average molecular weight is 618 g/mol. The molecule has 0 spiro atoms. The van der Waals surface area contributed by atoms with Gasteiger partial charge in [0.05, 0.1) is 22.4 Å². The van der Waals surface area contributed by atoms with Crippen LogP contribution in [0.4, 0.5) is 0 Å². The van der Waals surface area contributed by atoms with E-state index in [9.17, 15) is 9.59 Å². The highest BCUT2D eigenvalue weighted by atomic mass is 32.1. The molecule has 0 bridgehead atoms. The third kappa shape index (κ3) is 4.94. The van der Waals surface area contributed by atoms with Crippen molar-refractivity contribution in [2.45, 2.75) is 39.3 Å². The molecule has 0 saturated carbocycles. The van der Waals surface area contributed by atoms with E-state index in [1.165, 1.54) is 39.0 Å². The molecule has 1 atom stereocenters. The number of hydrogen-bond acceptors (Lipinski definition) is 6. The van der Waals surface area contributed by atoms with Crippen molar-refractivity contribution < 1.29 is 9.53 Å². The minimum absolute atomic E-state index is 0.157. The summed E-state index contributed by atoms with van der Waals surface area (Å²) in [5.74, 6) is -0.413. The number of fused-ring (bicyclic) bond motifs is 3. The second kappa shape index (κ2) is 11.9. The van der Waals surface area contributed by atoms with Gasteiger partial charge in [-0.3, -0.25) is 9.36 Å². The van der Waals surface area contributed by atoms with Gasteiger partial charge in [-0.2, -0.15) is 0 Å². The number of esters is 1. The Bertz CT molecular complexity index is 2230. The minimum atomic E-state index is -0.568. The van der Waals surface area contributed by atoms with E-state index in [4.69, 9.17) is 9.73 Å². The maximum atomic E-state index is 14.2. The Labute approximate surface area is 262 Å². The monoisotopic (exact) mass is 617 g/mol. The fourth-order valence-electron chi connectivity index (χ4n) is 6.11. The third-order valence-corrected chi connectivity index (χ3v) is 9.94. The lowest BCUT2D eigenvalue weighted by atomic mass is 9.99. The van der Waals surface area contributed by atoms with Crippen LogP contribution >= 0.6 is 22.7 Å². The largest absolute Gasteiger partial charge is 0.463 e. The van der Waals surface area contributed by atoms with Gasteiger partial charge in [0.15, 0.2) is 4.80 Å². The maximum absolute atomic E-state index is 14.2. The predicted octanol–water partition coefficient (Wildman–Crippen LogP) is 6.80. The number of thiophene rings is 1. The standard InChI is InChI=1S/C36H31N3O3S2/c1-3-11-28-32(35(41)42-4-2)33(30-18-10-19-43-30)39-34(40)31(44-36(39)37-28)20-25-22-38(29-17-8-7-16-27(25)29)21-24-14-9-13-23-12-5-6-15-26(23)24/h5-10,12-20,22,33H,3-4,11,21H2,1-2H3/b31-20-/t33-/m0/s1. The normalized spacial score (nSPS) is 15.1. The first kappa shape index (κ1) is 28.3. The summed E-state index contributed by atoms with van der Waals surface area (Å²) in [6, 6.07) is 26.5. The van der Waals surface area contributed by atoms with Crippen molar-refractivity contribution in [3.63, 3.8) is 0 Å². The summed E-state index contributed by atoms with van der Waals surface area (Å²) in [6.45, 7) is 4.82. The molecule has 0 amide bonds. The molecule has 3 aromatic carbocycles. The van der Waals surface area contributed by atoms with Crippen LogP contribution < -0.4 is 14.9 Å². The van der Waals surface area contributed by atoms with Gasteiger partial charge in [-0.15, -0.1) is 11.3 Å². The Morgan fingerprint density at radius 3 is 2.57 bits per heavy atom. The average Bonchev–Trinajstić information content (AvgIpc) is 3.76. The van der Waals surface area contributed by atoms with E-state index in [0.717, 1.165) is 27.8 Å². The lowest BCUT2D eigenvalue weighted by molar-refractivity contribution is -0.139. The third-order valence-electron chi connectivity index (χ3n) is 8.03. The molecule has 0 radical (unpaired) electrons. The number of para-hydroxylation sites is 1. The molecule has 6 nitrogen and oxygen atoms in total. The summed E-state index contributed by atoms with van der Waals surface area (Å²) in [5, 5.41) is 5.50. The Kier molecular flexibility index (Phi) is 7.62. The molecule has 0 aliphatic carbocycles. The lowest BCUT2D eigenvalue weighted by Crippen LogP contribution is -2.39. The first-order valence-corrected chi connectivity index (χ1v) is 16.6. The van der Waals surface area contributed by atoms with Gasteiger partial charge >= 0.3 is 5.97 Å². The molecule has 44 heavy (non-hydrogen) atoms. The van der Waals surface area contributed by atoms with Gasteiger partial charge in [-0.25, -0.2) is 9.79 Å². The van der Waals surface area contributed by atoms with Crippen LogP contribution in [0.5, 0.6) is 0 Å². The highest BCUT2D eigenvalue weighted by Crippen LogP contribution is 2.35. The molecular weight excluding hydrogens is 587 g/mol. The predicted molar refractivity (Wildman–Crippen MR) is 179 cm³/mol. The fourth-order valence-corrected chi connectivity index (χ4v) is 7.95. The van der Waals surface area contributed by atoms with E-state index in [1.54, 1.807) is 11.5 Å². The highest BCUT2D eigenvalue weighted by molar-refractivity contribution is 7.10. The number of allylic oxidation sites excluding steroid dienone is 1. The van der Waals surface area contributed by atoms with Crippen molar-refractivity contribution in [1.82, 2.24) is 9.13 Å². The van der Waals surface area contributed by atoms with Crippen molar-refractivity contribution in [3.8, 4) is 0 Å². The zero-order valence-electron chi connectivity index (χ0n) is 24.5. The highest BCUT2D eigenvalue weighted by Gasteiger charge is 2.34. The molecule has 8 heteroatoms. The summed E-state index contributed by atoms with van der Waals surface area (Å²) in [7, 11) is 0. The smallest absolute Gasteiger partial charge is 0.338 e. The number of aromatic nitrogens is 2. The summed E-state index contributed by atoms with van der Waals surface area (Å²) in [6.07, 6.45) is 5.56. The summed E-state index contributed by atoms with van der Waals surface area (Å²) >= 11 is 2.90. The molecular formula is C36H31N3O3S2. The first-order chi connectivity index (χ1) is 21.6. The van der Waals surface area contributed by atoms with E-state index in [1.807, 2.05) is 35.7 Å². The SMILES string of the molecule is CCCC1=C(C(=O)OCC)[C@H](c2cccs2)n2c(s/c(=C\c3cn(Cc4cccc5ccccc45)c4ccccc34)c2=O)=N1. The molecule has 0 N–H and O–H groups in total. The Balaban J connectivity index is 1.38. The zero-order valence-corrected chi connectivity index (χ0v) is 26.2. The van der Waals surface area contributed by atoms with Crippen LogP contribution in [0.2, 0.25) is 0 Å². The Morgan fingerprint density at radius 2 is 1.77 bits per heavy atom. The van der Waals surface area contributed by atoms with Crippen molar-refractivity contribution in [2.75, 3.05) is 6.61 Å². The van der Waals surface area contributed by atoms with Crippen LogP contribution in [0.3, 0.4) is 0 Å². The van der Waals surface area contributed by atoms with Crippen molar-refractivity contribution in [2.24, 2.45) is 4.99 Å². The summed E-state index contributed by atoms with van der Waals surface area (Å²) < 4.78 is 10.0. The number of thiazole rings is 1. The van der Waals surface area contributed by atoms with Gasteiger partial charge in [0, 0.05) is 34.1 Å². The van der Waals surface area contributed by atoms with Gasteiger partial charge in [0.2, 0.25) is 0 Å². The molecule has 0 saturated heterocycles. The van der Waals surface area contributed by atoms with Crippen LogP contribution in [0.1, 0.15) is 48.7 Å². The van der Waals surface area contributed by atoms with Crippen molar-refractivity contribution in [1.29, 1.82) is 0 Å². The number of carbonyl (C=O) groups is 1. The van der Waals surface area contributed by atoms with Crippen LogP contribution in [-0.4, -0.2) is 21.7 Å². The lowest BCUT2D eigenvalue weighted by Gasteiger charge is -2.24. The number of rotatable bonds is 8. The van der Waals surface area contributed by atoms with Gasteiger partial charge < -0.3 is 9.30 Å². The molecule has 3 aromatic heterocycles. The van der Waals surface area contributed by atoms with Crippen LogP contribution in [-0.2, 0) is 16.1 Å². The molecule has 6 aromatic rings. The number of carbonyl (C=O) groups excluding carboxylic acids is 1. The number of hydrogen-bond donors (Lipinski definition) is 0. The topological polar surface area (TPSA) is 65.6 Å². The molecule has 4 heterocycles. The minimum Gasteiger partial charge on any atom is -0.463 e. The number of ether oxygens (including phenoxy) is 1. The van der Waals surface area contributed by atoms with Crippen LogP contribution in [0.25, 0.3) is 27.8 Å². The van der Waals surface area contributed by atoms with E-state index in [2.05, 4.69) is 72.3 Å². The summed E-state index contributed by atoms with van der Waals surface area (Å²) in [5.41, 5.74) is 4.31. The molecule has 0 unspecified atom stereocenters. The van der Waals surface area contributed by atoms with E-state index in [-0.39, 0.29) is 12.2 Å². The fraction of sp³-hybridized carbons (Fsp3) is 0.194. The van der Waals surface area contributed by atoms with Crippen LogP contribution in [0, 0.1) is 0 Å². The Morgan fingerprint density at radius 1 is 0.977 bits per heavy atom.